The van der Waals surface area contributed by atoms with Crippen molar-refractivity contribution in [3.8, 4) is 6.07 Å². The van der Waals surface area contributed by atoms with Crippen LogP contribution in [0.15, 0.2) is 48.5 Å². The topological polar surface area (TPSA) is 73.2 Å². The van der Waals surface area contributed by atoms with Gasteiger partial charge < -0.3 is 5.32 Å². The summed E-state index contributed by atoms with van der Waals surface area (Å²) in [6, 6.07) is 12.8. The van der Waals surface area contributed by atoms with Gasteiger partial charge in [0.1, 0.15) is 11.9 Å². The number of amides is 3. The molecule has 1 aliphatic rings. The Morgan fingerprint density at radius 1 is 1.09 bits per heavy atom. The second kappa shape index (κ2) is 5.89. The van der Waals surface area contributed by atoms with Gasteiger partial charge in [0.15, 0.2) is 0 Å². The Kier molecular flexibility index (Phi) is 3.77. The van der Waals surface area contributed by atoms with Crippen LogP contribution in [0.4, 0.5) is 9.18 Å². The standard InChI is InChI=1S/C17H12FN3O2/c18-14-7-5-13(6-8-14)15-16(22)21(17(23)20-15)10-12-3-1-11(9-19)2-4-12/h1-8,15H,10H2,(H,20,23). The van der Waals surface area contributed by atoms with Crippen molar-refractivity contribution in [3.05, 3.63) is 71.0 Å². The van der Waals surface area contributed by atoms with E-state index in [1.807, 2.05) is 6.07 Å². The number of carbonyl (C=O) groups is 2. The number of rotatable bonds is 3. The SMILES string of the molecule is N#Cc1ccc(CN2C(=O)NC(c3ccc(F)cc3)C2=O)cc1. The molecule has 0 aromatic heterocycles. The lowest BCUT2D eigenvalue weighted by Gasteiger charge is -2.13. The maximum absolute atomic E-state index is 13.0. The fourth-order valence-electron chi connectivity index (χ4n) is 2.42. The number of benzene rings is 2. The summed E-state index contributed by atoms with van der Waals surface area (Å²) < 4.78 is 13.0. The molecule has 0 saturated carbocycles. The van der Waals surface area contributed by atoms with Crippen LogP contribution in [0.5, 0.6) is 0 Å². The van der Waals surface area contributed by atoms with E-state index in [0.29, 0.717) is 11.1 Å². The van der Waals surface area contributed by atoms with E-state index < -0.39 is 17.9 Å². The third-order valence-corrected chi connectivity index (χ3v) is 3.65. The van der Waals surface area contributed by atoms with Crippen molar-refractivity contribution in [3.63, 3.8) is 0 Å². The smallest absolute Gasteiger partial charge is 0.322 e. The normalized spacial score (nSPS) is 17.0. The molecule has 3 rings (SSSR count). The summed E-state index contributed by atoms with van der Waals surface area (Å²) in [6.07, 6.45) is 0. The number of nitrogens with zero attached hydrogens (tertiary/aromatic N) is 2. The van der Waals surface area contributed by atoms with Crippen molar-refractivity contribution in [2.45, 2.75) is 12.6 Å². The minimum absolute atomic E-state index is 0.119. The van der Waals surface area contributed by atoms with Crippen LogP contribution in [0.3, 0.4) is 0 Å². The van der Waals surface area contributed by atoms with Crippen LogP contribution in [-0.4, -0.2) is 16.8 Å². The number of nitrogens with one attached hydrogen (secondary N) is 1. The number of halogens is 1. The Bertz CT molecular complexity index is 794. The number of hydrogen-bond donors (Lipinski definition) is 1. The summed E-state index contributed by atoms with van der Waals surface area (Å²) in [5.41, 5.74) is 1.79. The fraction of sp³-hybridized carbons (Fsp3) is 0.118. The minimum atomic E-state index is -0.804. The van der Waals surface area contributed by atoms with Gasteiger partial charge in [0.05, 0.1) is 18.2 Å². The summed E-state index contributed by atoms with van der Waals surface area (Å²) in [6.45, 7) is 0.119. The highest BCUT2D eigenvalue weighted by molar-refractivity contribution is 6.04. The monoisotopic (exact) mass is 309 g/mol. The highest BCUT2D eigenvalue weighted by Crippen LogP contribution is 2.23. The molecule has 6 heteroatoms. The van der Waals surface area contributed by atoms with Crippen molar-refractivity contribution in [1.82, 2.24) is 10.2 Å². The van der Waals surface area contributed by atoms with Crippen LogP contribution in [0, 0.1) is 17.1 Å². The molecule has 0 aliphatic carbocycles. The summed E-state index contributed by atoms with van der Waals surface area (Å²) >= 11 is 0. The maximum Gasteiger partial charge on any atom is 0.325 e. The highest BCUT2D eigenvalue weighted by atomic mass is 19.1. The number of carbonyl (C=O) groups excluding carboxylic acids is 2. The fourth-order valence-corrected chi connectivity index (χ4v) is 2.42. The average molecular weight is 309 g/mol. The van der Waals surface area contributed by atoms with Crippen LogP contribution in [0.2, 0.25) is 0 Å². The third-order valence-electron chi connectivity index (χ3n) is 3.65. The van der Waals surface area contributed by atoms with Gasteiger partial charge in [-0.1, -0.05) is 24.3 Å². The average Bonchev–Trinajstić information content (AvgIpc) is 2.84. The lowest BCUT2D eigenvalue weighted by molar-refractivity contribution is -0.128. The molecule has 1 N–H and O–H groups in total. The van der Waals surface area contributed by atoms with Crippen molar-refractivity contribution < 1.29 is 14.0 Å². The number of urea groups is 1. The lowest BCUT2D eigenvalue weighted by atomic mass is 10.1. The third kappa shape index (κ3) is 2.90. The molecule has 2 aromatic carbocycles. The molecule has 1 aliphatic heterocycles. The lowest BCUT2D eigenvalue weighted by Crippen LogP contribution is -2.30. The molecule has 1 heterocycles. The summed E-state index contributed by atoms with van der Waals surface area (Å²) in [5.74, 6) is -0.786. The van der Waals surface area contributed by atoms with E-state index in [0.717, 1.165) is 10.5 Å². The molecule has 2 aromatic rings. The first-order valence-corrected chi connectivity index (χ1v) is 6.95. The molecule has 23 heavy (non-hydrogen) atoms. The molecule has 3 amide bonds. The van der Waals surface area contributed by atoms with Crippen molar-refractivity contribution in [2.24, 2.45) is 0 Å². The molecule has 0 spiro atoms. The van der Waals surface area contributed by atoms with E-state index in [2.05, 4.69) is 5.32 Å². The molecule has 0 bridgehead atoms. The largest absolute Gasteiger partial charge is 0.325 e. The quantitative estimate of drug-likeness (QED) is 0.885. The molecule has 1 unspecified atom stereocenters. The predicted octanol–water partition coefficient (Wildman–Crippen LogP) is 2.49. The first kappa shape index (κ1) is 14.7. The first-order valence-electron chi connectivity index (χ1n) is 6.95. The molecule has 5 nitrogen and oxygen atoms in total. The van der Waals surface area contributed by atoms with Gasteiger partial charge in [-0.2, -0.15) is 5.26 Å². The van der Waals surface area contributed by atoms with E-state index in [4.69, 9.17) is 5.26 Å². The highest BCUT2D eigenvalue weighted by Gasteiger charge is 2.38. The molecule has 0 radical (unpaired) electrons. The zero-order chi connectivity index (χ0) is 16.4. The van der Waals surface area contributed by atoms with Gasteiger partial charge in [-0.25, -0.2) is 9.18 Å². The summed E-state index contributed by atoms with van der Waals surface area (Å²) in [7, 11) is 0. The second-order valence-electron chi connectivity index (χ2n) is 5.17. The van der Waals surface area contributed by atoms with Gasteiger partial charge in [-0.3, -0.25) is 9.69 Å². The Morgan fingerprint density at radius 3 is 2.35 bits per heavy atom. The first-order chi connectivity index (χ1) is 11.1. The molecule has 1 fully saturated rings. The zero-order valence-corrected chi connectivity index (χ0v) is 12.0. The van der Waals surface area contributed by atoms with Gasteiger partial charge >= 0.3 is 6.03 Å². The second-order valence-corrected chi connectivity index (χ2v) is 5.17. The van der Waals surface area contributed by atoms with Gasteiger partial charge in [0.2, 0.25) is 0 Å². The number of nitriles is 1. The van der Waals surface area contributed by atoms with Crippen LogP contribution < -0.4 is 5.32 Å². The molecular formula is C17H12FN3O2. The van der Waals surface area contributed by atoms with E-state index >= 15 is 0 Å². The number of imide groups is 1. The Labute approximate surface area is 131 Å². The summed E-state index contributed by atoms with van der Waals surface area (Å²) in [5, 5.41) is 11.4. The number of hydrogen-bond acceptors (Lipinski definition) is 3. The Balaban J connectivity index is 1.78. The van der Waals surface area contributed by atoms with E-state index in [1.165, 1.54) is 24.3 Å². The van der Waals surface area contributed by atoms with Crippen LogP contribution >= 0.6 is 0 Å². The Hall–Kier alpha value is -3.20. The Morgan fingerprint density at radius 2 is 1.74 bits per heavy atom. The van der Waals surface area contributed by atoms with Gasteiger partial charge in [0.25, 0.3) is 5.91 Å². The molecule has 1 saturated heterocycles. The van der Waals surface area contributed by atoms with Crippen molar-refractivity contribution in [1.29, 1.82) is 5.26 Å². The van der Waals surface area contributed by atoms with Gasteiger partial charge in [-0.15, -0.1) is 0 Å². The zero-order valence-electron chi connectivity index (χ0n) is 12.0. The molecular weight excluding hydrogens is 297 g/mol. The minimum Gasteiger partial charge on any atom is -0.322 e. The molecule has 114 valence electrons. The summed E-state index contributed by atoms with van der Waals surface area (Å²) in [4.78, 5) is 25.6. The van der Waals surface area contributed by atoms with E-state index in [1.54, 1.807) is 24.3 Å². The van der Waals surface area contributed by atoms with Crippen LogP contribution in [-0.2, 0) is 11.3 Å². The van der Waals surface area contributed by atoms with E-state index in [-0.39, 0.29) is 12.5 Å². The maximum atomic E-state index is 13.0. The van der Waals surface area contributed by atoms with E-state index in [9.17, 15) is 14.0 Å². The van der Waals surface area contributed by atoms with Gasteiger partial charge in [-0.05, 0) is 35.4 Å². The van der Waals surface area contributed by atoms with Gasteiger partial charge in [0, 0.05) is 0 Å². The van der Waals surface area contributed by atoms with Crippen molar-refractivity contribution in [2.75, 3.05) is 0 Å². The van der Waals surface area contributed by atoms with Crippen molar-refractivity contribution >= 4 is 11.9 Å². The van der Waals surface area contributed by atoms with Crippen LogP contribution in [0.25, 0.3) is 0 Å². The predicted molar refractivity (Wildman–Crippen MR) is 79.4 cm³/mol. The van der Waals surface area contributed by atoms with Crippen LogP contribution in [0.1, 0.15) is 22.7 Å². The molecule has 1 atom stereocenters.